The van der Waals surface area contributed by atoms with Crippen LogP contribution in [0.15, 0.2) is 0 Å². The lowest BCUT2D eigenvalue weighted by atomic mass is 9.78. The SMILES string of the molecule is CN1CCC(CCNC(=O)[C@@H]2CCCC[C@@H]2C(=O)O)CC1. The van der Waals surface area contributed by atoms with Crippen LogP contribution < -0.4 is 5.32 Å². The molecule has 1 aliphatic carbocycles. The molecule has 0 unspecified atom stereocenters. The average Bonchev–Trinajstić information content (AvgIpc) is 2.49. The number of carbonyl (C=O) groups excluding carboxylic acids is 1. The zero-order valence-electron chi connectivity index (χ0n) is 13.0. The van der Waals surface area contributed by atoms with Crippen molar-refractivity contribution in [2.45, 2.75) is 44.9 Å². The predicted octanol–water partition coefficient (Wildman–Crippen LogP) is 1.73. The summed E-state index contributed by atoms with van der Waals surface area (Å²) in [7, 11) is 2.15. The van der Waals surface area contributed by atoms with E-state index in [4.69, 9.17) is 0 Å². The van der Waals surface area contributed by atoms with E-state index in [9.17, 15) is 14.7 Å². The lowest BCUT2D eigenvalue weighted by molar-refractivity contribution is -0.148. The van der Waals surface area contributed by atoms with Crippen LogP contribution in [0.1, 0.15) is 44.9 Å². The van der Waals surface area contributed by atoms with Crippen LogP contribution >= 0.6 is 0 Å². The van der Waals surface area contributed by atoms with Gasteiger partial charge in [-0.25, -0.2) is 0 Å². The number of amides is 1. The molecule has 0 aromatic carbocycles. The summed E-state index contributed by atoms with van der Waals surface area (Å²) < 4.78 is 0. The molecule has 1 saturated carbocycles. The number of hydrogen-bond donors (Lipinski definition) is 2. The van der Waals surface area contributed by atoms with E-state index >= 15 is 0 Å². The van der Waals surface area contributed by atoms with Crippen LogP contribution in [0.5, 0.6) is 0 Å². The minimum Gasteiger partial charge on any atom is -0.481 e. The highest BCUT2D eigenvalue weighted by atomic mass is 16.4. The zero-order chi connectivity index (χ0) is 15.2. The lowest BCUT2D eigenvalue weighted by Crippen LogP contribution is -2.40. The molecule has 2 rings (SSSR count). The van der Waals surface area contributed by atoms with Crippen LogP contribution in [-0.2, 0) is 9.59 Å². The van der Waals surface area contributed by atoms with E-state index in [0.29, 0.717) is 18.9 Å². The Labute approximate surface area is 127 Å². The molecule has 0 aromatic heterocycles. The third kappa shape index (κ3) is 4.70. The third-order valence-corrected chi connectivity index (χ3v) is 5.11. The van der Waals surface area contributed by atoms with Crippen molar-refractivity contribution < 1.29 is 14.7 Å². The van der Waals surface area contributed by atoms with Gasteiger partial charge in [0.05, 0.1) is 11.8 Å². The molecular formula is C16H28N2O3. The first-order chi connectivity index (χ1) is 10.1. The molecule has 2 N–H and O–H groups in total. The summed E-state index contributed by atoms with van der Waals surface area (Å²) in [4.78, 5) is 25.8. The van der Waals surface area contributed by atoms with Gasteiger partial charge in [0.1, 0.15) is 0 Å². The number of nitrogens with zero attached hydrogens (tertiary/aromatic N) is 1. The first-order valence-electron chi connectivity index (χ1n) is 8.27. The molecule has 2 fully saturated rings. The maximum Gasteiger partial charge on any atom is 0.307 e. The normalized spacial score (nSPS) is 28.2. The van der Waals surface area contributed by atoms with Gasteiger partial charge in [0.25, 0.3) is 0 Å². The van der Waals surface area contributed by atoms with Gasteiger partial charge in [-0.3, -0.25) is 9.59 Å². The van der Waals surface area contributed by atoms with Crippen molar-refractivity contribution in [3.8, 4) is 0 Å². The number of carbonyl (C=O) groups is 2. The summed E-state index contributed by atoms with van der Waals surface area (Å²) in [5.41, 5.74) is 0. The highest BCUT2D eigenvalue weighted by Gasteiger charge is 2.35. The van der Waals surface area contributed by atoms with Gasteiger partial charge in [-0.1, -0.05) is 12.8 Å². The third-order valence-electron chi connectivity index (χ3n) is 5.11. The second kappa shape index (κ2) is 7.78. The van der Waals surface area contributed by atoms with E-state index in [1.54, 1.807) is 0 Å². The molecule has 120 valence electrons. The van der Waals surface area contributed by atoms with Crippen LogP contribution in [0.2, 0.25) is 0 Å². The topological polar surface area (TPSA) is 69.6 Å². The van der Waals surface area contributed by atoms with Gasteiger partial charge in [0.2, 0.25) is 5.91 Å². The van der Waals surface area contributed by atoms with Crippen molar-refractivity contribution in [1.82, 2.24) is 10.2 Å². The zero-order valence-corrected chi connectivity index (χ0v) is 13.0. The molecule has 1 heterocycles. The van der Waals surface area contributed by atoms with E-state index in [2.05, 4.69) is 17.3 Å². The predicted molar refractivity (Wildman–Crippen MR) is 80.9 cm³/mol. The van der Waals surface area contributed by atoms with E-state index in [1.807, 2.05) is 0 Å². The smallest absolute Gasteiger partial charge is 0.307 e. The van der Waals surface area contributed by atoms with E-state index in [0.717, 1.165) is 38.8 Å². The van der Waals surface area contributed by atoms with Crippen molar-refractivity contribution in [3.63, 3.8) is 0 Å². The van der Waals surface area contributed by atoms with Gasteiger partial charge in [0, 0.05) is 6.54 Å². The Kier molecular flexibility index (Phi) is 6.03. The van der Waals surface area contributed by atoms with Gasteiger partial charge < -0.3 is 15.3 Å². The molecule has 5 nitrogen and oxygen atoms in total. The molecule has 2 aliphatic rings. The second-order valence-electron chi connectivity index (χ2n) is 6.66. The summed E-state index contributed by atoms with van der Waals surface area (Å²) in [6, 6.07) is 0. The van der Waals surface area contributed by atoms with E-state index in [1.165, 1.54) is 12.8 Å². The summed E-state index contributed by atoms with van der Waals surface area (Å²) in [6.45, 7) is 2.97. The minimum atomic E-state index is -0.815. The number of likely N-dealkylation sites (tertiary alicyclic amines) is 1. The Morgan fingerprint density at radius 2 is 1.71 bits per heavy atom. The summed E-state index contributed by atoms with van der Waals surface area (Å²) >= 11 is 0. The maximum atomic E-state index is 12.2. The van der Waals surface area contributed by atoms with Crippen molar-refractivity contribution in [2.24, 2.45) is 17.8 Å². The van der Waals surface area contributed by atoms with Gasteiger partial charge in [-0.2, -0.15) is 0 Å². The van der Waals surface area contributed by atoms with Crippen molar-refractivity contribution in [1.29, 1.82) is 0 Å². The standard InChI is InChI=1S/C16H28N2O3/c1-18-10-7-12(8-11-18)6-9-17-15(19)13-4-2-3-5-14(13)16(20)21/h12-14H,2-11H2,1H3,(H,17,19)(H,20,21)/t13-,14+/m1/s1. The van der Waals surface area contributed by atoms with E-state index < -0.39 is 11.9 Å². The van der Waals surface area contributed by atoms with Crippen LogP contribution in [0.4, 0.5) is 0 Å². The van der Waals surface area contributed by atoms with Gasteiger partial charge in [0.15, 0.2) is 0 Å². The van der Waals surface area contributed by atoms with Crippen molar-refractivity contribution >= 4 is 11.9 Å². The molecule has 1 saturated heterocycles. The summed E-state index contributed by atoms with van der Waals surface area (Å²) in [5.74, 6) is -0.973. The number of piperidine rings is 1. The molecular weight excluding hydrogens is 268 g/mol. The van der Waals surface area contributed by atoms with Crippen molar-refractivity contribution in [2.75, 3.05) is 26.7 Å². The fraction of sp³-hybridized carbons (Fsp3) is 0.875. The highest BCUT2D eigenvalue weighted by molar-refractivity contribution is 5.84. The number of carboxylic acid groups (broad SMARTS) is 1. The Hall–Kier alpha value is -1.10. The molecule has 0 radical (unpaired) electrons. The molecule has 1 amide bonds. The molecule has 0 bridgehead atoms. The Morgan fingerprint density at radius 1 is 1.10 bits per heavy atom. The largest absolute Gasteiger partial charge is 0.481 e. The highest BCUT2D eigenvalue weighted by Crippen LogP contribution is 2.30. The number of carboxylic acids is 1. The fourth-order valence-corrected chi connectivity index (χ4v) is 3.62. The van der Waals surface area contributed by atoms with Crippen LogP contribution in [0, 0.1) is 17.8 Å². The number of hydrogen-bond acceptors (Lipinski definition) is 3. The van der Waals surface area contributed by atoms with Gasteiger partial charge in [-0.05, 0) is 58.2 Å². The van der Waals surface area contributed by atoms with Crippen LogP contribution in [-0.4, -0.2) is 48.6 Å². The van der Waals surface area contributed by atoms with Crippen LogP contribution in [0.3, 0.4) is 0 Å². The van der Waals surface area contributed by atoms with Gasteiger partial charge in [-0.15, -0.1) is 0 Å². The summed E-state index contributed by atoms with van der Waals surface area (Å²) in [5, 5.41) is 12.2. The molecule has 5 heteroatoms. The second-order valence-corrected chi connectivity index (χ2v) is 6.66. The Morgan fingerprint density at radius 3 is 2.33 bits per heavy atom. The maximum absolute atomic E-state index is 12.2. The first kappa shape index (κ1) is 16.3. The Bertz CT molecular complexity index is 365. The Balaban J connectivity index is 1.72. The first-order valence-corrected chi connectivity index (χ1v) is 8.27. The molecule has 2 atom stereocenters. The number of nitrogens with one attached hydrogen (secondary N) is 1. The number of rotatable bonds is 5. The monoisotopic (exact) mass is 296 g/mol. The molecule has 21 heavy (non-hydrogen) atoms. The van der Waals surface area contributed by atoms with E-state index in [-0.39, 0.29) is 11.8 Å². The molecule has 0 spiro atoms. The lowest BCUT2D eigenvalue weighted by Gasteiger charge is -2.30. The van der Waals surface area contributed by atoms with Crippen LogP contribution in [0.25, 0.3) is 0 Å². The number of aliphatic carboxylic acids is 1. The fourth-order valence-electron chi connectivity index (χ4n) is 3.62. The van der Waals surface area contributed by atoms with Crippen molar-refractivity contribution in [3.05, 3.63) is 0 Å². The summed E-state index contributed by atoms with van der Waals surface area (Å²) in [6.07, 6.45) is 6.68. The quantitative estimate of drug-likeness (QED) is 0.810. The molecule has 1 aliphatic heterocycles. The average molecular weight is 296 g/mol. The minimum absolute atomic E-state index is 0.0463. The van der Waals surface area contributed by atoms with Gasteiger partial charge >= 0.3 is 5.97 Å². The molecule has 0 aromatic rings.